The zero-order valence-corrected chi connectivity index (χ0v) is 10.9. The Hall–Kier alpha value is -2.51. The van der Waals surface area contributed by atoms with Crippen LogP contribution in [0.25, 0.3) is 0 Å². The van der Waals surface area contributed by atoms with Crippen molar-refractivity contribution in [3.63, 3.8) is 0 Å². The van der Waals surface area contributed by atoms with Crippen LogP contribution in [0.2, 0.25) is 0 Å². The summed E-state index contributed by atoms with van der Waals surface area (Å²) in [6, 6.07) is 2.92. The van der Waals surface area contributed by atoms with E-state index in [9.17, 15) is 18.0 Å². The van der Waals surface area contributed by atoms with Gasteiger partial charge in [0.1, 0.15) is 5.76 Å². The molecule has 2 rings (SSSR count). The maximum atomic E-state index is 12.8. The van der Waals surface area contributed by atoms with E-state index in [1.165, 1.54) is 12.3 Å². The molecule has 0 aliphatic carbocycles. The molecular formula is C13H11F3N2O3. The molecule has 8 heteroatoms. The minimum atomic E-state index is -4.75. The number of carboxylic acid groups (broad SMARTS) is 1. The van der Waals surface area contributed by atoms with Gasteiger partial charge in [-0.15, -0.1) is 0 Å². The molecule has 0 radical (unpaired) electrons. The van der Waals surface area contributed by atoms with Crippen molar-refractivity contribution in [2.24, 2.45) is 0 Å². The summed E-state index contributed by atoms with van der Waals surface area (Å²) < 4.78 is 43.7. The highest BCUT2D eigenvalue weighted by Gasteiger charge is 2.35. The molecule has 112 valence electrons. The second-order valence-corrected chi connectivity index (χ2v) is 4.28. The third kappa shape index (κ3) is 3.53. The molecule has 0 bridgehead atoms. The van der Waals surface area contributed by atoms with E-state index >= 15 is 0 Å². The first-order valence-electron chi connectivity index (χ1n) is 5.87. The Labute approximate surface area is 117 Å². The molecule has 2 aromatic rings. The Morgan fingerprint density at radius 2 is 2.14 bits per heavy atom. The highest BCUT2D eigenvalue weighted by molar-refractivity contribution is 5.90. The number of aromatic nitrogens is 1. The zero-order valence-electron chi connectivity index (χ0n) is 10.9. The second-order valence-electron chi connectivity index (χ2n) is 4.28. The van der Waals surface area contributed by atoms with Crippen molar-refractivity contribution in [3.8, 4) is 0 Å². The van der Waals surface area contributed by atoms with Crippen LogP contribution in [0.15, 0.2) is 28.8 Å². The number of carbonyl (C=O) groups is 1. The third-order valence-electron chi connectivity index (χ3n) is 2.67. The number of halogens is 3. The second kappa shape index (κ2) is 5.47. The molecular weight excluding hydrogens is 289 g/mol. The average molecular weight is 300 g/mol. The zero-order chi connectivity index (χ0) is 15.6. The van der Waals surface area contributed by atoms with Gasteiger partial charge < -0.3 is 14.8 Å². The number of anilines is 1. The van der Waals surface area contributed by atoms with Gasteiger partial charge in [0.25, 0.3) is 0 Å². The van der Waals surface area contributed by atoms with E-state index < -0.39 is 23.3 Å². The van der Waals surface area contributed by atoms with E-state index in [0.29, 0.717) is 11.7 Å². The van der Waals surface area contributed by atoms with Crippen molar-refractivity contribution in [2.45, 2.75) is 19.6 Å². The summed E-state index contributed by atoms with van der Waals surface area (Å²) in [6.07, 6.45) is -3.25. The van der Waals surface area contributed by atoms with Gasteiger partial charge >= 0.3 is 12.1 Å². The number of hydrogen-bond acceptors (Lipinski definition) is 4. The predicted octanol–water partition coefficient (Wildman–Crippen LogP) is 3.31. The van der Waals surface area contributed by atoms with Crippen molar-refractivity contribution in [2.75, 3.05) is 5.32 Å². The Morgan fingerprint density at radius 1 is 1.43 bits per heavy atom. The molecule has 1 aromatic heterocycles. The van der Waals surface area contributed by atoms with Crippen LogP contribution in [0.1, 0.15) is 27.6 Å². The van der Waals surface area contributed by atoms with Crippen LogP contribution in [0, 0.1) is 6.92 Å². The number of oxazole rings is 1. The van der Waals surface area contributed by atoms with Gasteiger partial charge in [0.15, 0.2) is 0 Å². The van der Waals surface area contributed by atoms with E-state index in [2.05, 4.69) is 10.3 Å². The Kier molecular flexibility index (Phi) is 3.88. The standard InChI is InChI=1S/C13H11F3N2O3/c1-7-5-18-11(21-7)6-17-8-2-3-9(12(19)20)10(4-8)13(14,15)16/h2-5,17H,6H2,1H3,(H,19,20). The molecule has 0 spiro atoms. The summed E-state index contributed by atoms with van der Waals surface area (Å²) in [4.78, 5) is 14.7. The first-order valence-corrected chi connectivity index (χ1v) is 5.87. The lowest BCUT2D eigenvalue weighted by atomic mass is 10.1. The van der Waals surface area contributed by atoms with Crippen molar-refractivity contribution >= 4 is 11.7 Å². The molecule has 0 saturated heterocycles. The normalized spacial score (nSPS) is 11.4. The van der Waals surface area contributed by atoms with Crippen molar-refractivity contribution < 1.29 is 27.5 Å². The smallest absolute Gasteiger partial charge is 0.417 e. The summed E-state index contributed by atoms with van der Waals surface area (Å²) in [5.41, 5.74) is -1.87. The number of alkyl halides is 3. The molecule has 1 heterocycles. The lowest BCUT2D eigenvalue weighted by molar-refractivity contribution is -0.138. The van der Waals surface area contributed by atoms with Gasteiger partial charge in [-0.3, -0.25) is 0 Å². The summed E-state index contributed by atoms with van der Waals surface area (Å²) in [5, 5.41) is 11.5. The lowest BCUT2D eigenvalue weighted by Crippen LogP contribution is -2.13. The van der Waals surface area contributed by atoms with Gasteiger partial charge in [-0.25, -0.2) is 9.78 Å². The number of nitrogens with zero attached hydrogens (tertiary/aromatic N) is 1. The molecule has 2 N–H and O–H groups in total. The van der Waals surface area contributed by atoms with Crippen LogP contribution in [0.5, 0.6) is 0 Å². The molecule has 5 nitrogen and oxygen atoms in total. The largest absolute Gasteiger partial charge is 0.478 e. The maximum absolute atomic E-state index is 12.8. The lowest BCUT2D eigenvalue weighted by Gasteiger charge is -2.12. The number of aryl methyl sites for hydroxylation is 1. The molecule has 0 aliphatic rings. The van der Waals surface area contributed by atoms with E-state index in [-0.39, 0.29) is 12.2 Å². The van der Waals surface area contributed by atoms with Gasteiger partial charge in [-0.2, -0.15) is 13.2 Å². The van der Waals surface area contributed by atoms with Crippen molar-refractivity contribution in [1.82, 2.24) is 4.98 Å². The molecule has 0 saturated carbocycles. The minimum absolute atomic E-state index is 0.0948. The van der Waals surface area contributed by atoms with Gasteiger partial charge in [-0.05, 0) is 25.1 Å². The fourth-order valence-electron chi connectivity index (χ4n) is 1.74. The Morgan fingerprint density at radius 3 is 2.67 bits per heavy atom. The Balaban J connectivity index is 2.23. The van der Waals surface area contributed by atoms with Crippen molar-refractivity contribution in [1.29, 1.82) is 0 Å². The van der Waals surface area contributed by atoms with Gasteiger partial charge in [0, 0.05) is 5.69 Å². The van der Waals surface area contributed by atoms with Crippen LogP contribution in [0.3, 0.4) is 0 Å². The predicted molar refractivity (Wildman–Crippen MR) is 67.0 cm³/mol. The van der Waals surface area contributed by atoms with Crippen molar-refractivity contribution in [3.05, 3.63) is 47.2 Å². The summed E-state index contributed by atoms with van der Waals surface area (Å²) >= 11 is 0. The number of aromatic carboxylic acids is 1. The van der Waals surface area contributed by atoms with E-state index in [1.54, 1.807) is 6.92 Å². The summed E-state index contributed by atoms with van der Waals surface area (Å²) in [7, 11) is 0. The number of benzene rings is 1. The van der Waals surface area contributed by atoms with Crippen LogP contribution < -0.4 is 5.32 Å². The third-order valence-corrected chi connectivity index (χ3v) is 2.67. The molecule has 0 amide bonds. The number of carboxylic acids is 1. The number of nitrogens with one attached hydrogen (secondary N) is 1. The monoisotopic (exact) mass is 300 g/mol. The topological polar surface area (TPSA) is 75.4 Å². The van der Waals surface area contributed by atoms with Crippen LogP contribution >= 0.6 is 0 Å². The van der Waals surface area contributed by atoms with Gasteiger partial charge in [0.05, 0.1) is 23.9 Å². The number of hydrogen-bond donors (Lipinski definition) is 2. The minimum Gasteiger partial charge on any atom is -0.478 e. The van der Waals surface area contributed by atoms with E-state index in [0.717, 1.165) is 12.1 Å². The van der Waals surface area contributed by atoms with Gasteiger partial charge in [0.2, 0.25) is 5.89 Å². The highest BCUT2D eigenvalue weighted by Crippen LogP contribution is 2.34. The average Bonchev–Trinajstić information content (AvgIpc) is 2.81. The molecule has 1 aromatic carbocycles. The SMILES string of the molecule is Cc1cnc(CNc2ccc(C(=O)O)c(C(F)(F)F)c2)o1. The quantitative estimate of drug-likeness (QED) is 0.906. The first-order chi connectivity index (χ1) is 9.77. The molecule has 0 unspecified atom stereocenters. The summed E-state index contributed by atoms with van der Waals surface area (Å²) in [5.74, 6) is -0.718. The molecule has 0 aliphatic heterocycles. The molecule has 0 atom stereocenters. The first kappa shape index (κ1) is 14.9. The number of rotatable bonds is 4. The van der Waals surface area contributed by atoms with Gasteiger partial charge in [-0.1, -0.05) is 0 Å². The van der Waals surface area contributed by atoms with E-state index in [1.807, 2.05) is 0 Å². The maximum Gasteiger partial charge on any atom is 0.417 e. The Bertz CT molecular complexity index is 665. The van der Waals surface area contributed by atoms with Crippen LogP contribution in [-0.4, -0.2) is 16.1 Å². The molecule has 21 heavy (non-hydrogen) atoms. The fourth-order valence-corrected chi connectivity index (χ4v) is 1.74. The summed E-state index contributed by atoms with van der Waals surface area (Å²) in [6.45, 7) is 1.79. The van der Waals surface area contributed by atoms with Crippen LogP contribution in [-0.2, 0) is 12.7 Å². The fraction of sp³-hybridized carbons (Fsp3) is 0.231. The molecule has 0 fully saturated rings. The highest BCUT2D eigenvalue weighted by atomic mass is 19.4. The van der Waals surface area contributed by atoms with E-state index in [4.69, 9.17) is 9.52 Å². The van der Waals surface area contributed by atoms with Crippen LogP contribution in [0.4, 0.5) is 18.9 Å².